The Morgan fingerprint density at radius 2 is 2.20 bits per heavy atom. The summed E-state index contributed by atoms with van der Waals surface area (Å²) in [6, 6.07) is 0. The van der Waals surface area contributed by atoms with Crippen LogP contribution < -0.4 is 5.32 Å². The maximum atomic E-state index is 10.8. The van der Waals surface area contributed by atoms with E-state index in [1.165, 1.54) is 18.4 Å². The van der Waals surface area contributed by atoms with Gasteiger partial charge in [-0.2, -0.15) is 0 Å². The molecule has 0 aromatic heterocycles. The first-order valence-corrected chi connectivity index (χ1v) is 3.64. The molecule has 0 unspecified atom stereocenters. The third kappa shape index (κ3) is 1.87. The van der Waals surface area contributed by atoms with Gasteiger partial charge in [-0.1, -0.05) is 5.57 Å². The fourth-order valence-electron chi connectivity index (χ4n) is 0.935. The van der Waals surface area contributed by atoms with Gasteiger partial charge < -0.3 is 5.32 Å². The number of rotatable bonds is 2. The van der Waals surface area contributed by atoms with Crippen molar-refractivity contribution in [2.45, 2.75) is 19.8 Å². The summed E-state index contributed by atoms with van der Waals surface area (Å²) in [5, 5.41) is 2.56. The predicted molar refractivity (Wildman–Crippen MR) is 40.5 cm³/mol. The minimum absolute atomic E-state index is 0.0180. The molecule has 56 valence electrons. The lowest BCUT2D eigenvalue weighted by molar-refractivity contribution is -0.116. The van der Waals surface area contributed by atoms with Gasteiger partial charge in [0.05, 0.1) is 0 Å². The summed E-state index contributed by atoms with van der Waals surface area (Å²) in [6.07, 6.45) is 4.22. The number of carbonyl (C=O) groups excluding carboxylic acids is 1. The molecular weight excluding hydrogens is 126 g/mol. The summed E-state index contributed by atoms with van der Waals surface area (Å²) in [5.74, 6) is 0.724. The van der Waals surface area contributed by atoms with E-state index >= 15 is 0 Å². The Kier molecular flexibility index (Phi) is 2.10. The van der Waals surface area contributed by atoms with Gasteiger partial charge in [0.25, 0.3) is 0 Å². The zero-order chi connectivity index (χ0) is 7.56. The monoisotopic (exact) mass is 139 g/mol. The van der Waals surface area contributed by atoms with Crippen molar-refractivity contribution in [1.82, 2.24) is 5.32 Å². The standard InChI is InChI=1S/C8H13NO/c1-6(7-3-4-7)5-8(10)9-2/h5,7H,3-4H2,1-2H3,(H,9,10)/b6-5+. The average molecular weight is 139 g/mol. The summed E-state index contributed by atoms with van der Waals surface area (Å²) in [6.45, 7) is 2.02. The topological polar surface area (TPSA) is 29.1 Å². The fourth-order valence-corrected chi connectivity index (χ4v) is 0.935. The molecule has 0 heterocycles. The molecule has 0 atom stereocenters. The summed E-state index contributed by atoms with van der Waals surface area (Å²) in [7, 11) is 1.65. The van der Waals surface area contributed by atoms with Crippen molar-refractivity contribution in [2.24, 2.45) is 5.92 Å². The van der Waals surface area contributed by atoms with Gasteiger partial charge in [-0.05, 0) is 25.7 Å². The van der Waals surface area contributed by atoms with Crippen molar-refractivity contribution in [2.75, 3.05) is 7.05 Å². The van der Waals surface area contributed by atoms with E-state index in [-0.39, 0.29) is 5.91 Å². The number of nitrogens with one attached hydrogen (secondary N) is 1. The van der Waals surface area contributed by atoms with E-state index in [9.17, 15) is 4.79 Å². The zero-order valence-corrected chi connectivity index (χ0v) is 6.48. The Bertz CT molecular complexity index is 168. The van der Waals surface area contributed by atoms with Gasteiger partial charge in [0, 0.05) is 13.1 Å². The maximum Gasteiger partial charge on any atom is 0.243 e. The van der Waals surface area contributed by atoms with Crippen LogP contribution in [-0.4, -0.2) is 13.0 Å². The lowest BCUT2D eigenvalue weighted by atomic mass is 10.2. The second-order valence-corrected chi connectivity index (χ2v) is 2.78. The largest absolute Gasteiger partial charge is 0.356 e. The van der Waals surface area contributed by atoms with Crippen LogP contribution >= 0.6 is 0 Å². The van der Waals surface area contributed by atoms with Crippen LogP contribution in [0.1, 0.15) is 19.8 Å². The zero-order valence-electron chi connectivity index (χ0n) is 6.48. The van der Waals surface area contributed by atoms with Gasteiger partial charge in [-0.15, -0.1) is 0 Å². The first-order valence-electron chi connectivity index (χ1n) is 3.64. The highest BCUT2D eigenvalue weighted by atomic mass is 16.1. The van der Waals surface area contributed by atoms with Crippen molar-refractivity contribution in [1.29, 1.82) is 0 Å². The Morgan fingerprint density at radius 3 is 2.60 bits per heavy atom. The summed E-state index contributed by atoms with van der Waals surface area (Å²) < 4.78 is 0. The third-order valence-corrected chi connectivity index (χ3v) is 1.83. The number of likely N-dealkylation sites (N-methyl/N-ethyl adjacent to an activating group) is 1. The Balaban J connectivity index is 2.43. The lowest BCUT2D eigenvalue weighted by Gasteiger charge is -1.95. The van der Waals surface area contributed by atoms with Crippen LogP contribution in [0.4, 0.5) is 0 Å². The SMILES string of the molecule is CNC(=O)/C=C(\C)C1CC1. The molecule has 1 saturated carbocycles. The molecule has 1 fully saturated rings. The molecule has 0 bridgehead atoms. The quantitative estimate of drug-likeness (QED) is 0.570. The van der Waals surface area contributed by atoms with Crippen LogP contribution in [0.2, 0.25) is 0 Å². The molecule has 10 heavy (non-hydrogen) atoms. The van der Waals surface area contributed by atoms with E-state index in [4.69, 9.17) is 0 Å². The first-order chi connectivity index (χ1) is 4.74. The van der Waals surface area contributed by atoms with E-state index < -0.39 is 0 Å². The van der Waals surface area contributed by atoms with Crippen LogP contribution in [0, 0.1) is 5.92 Å². The van der Waals surface area contributed by atoms with E-state index in [2.05, 4.69) is 5.32 Å². The Hall–Kier alpha value is -0.790. The molecule has 0 aromatic rings. The molecule has 0 spiro atoms. The van der Waals surface area contributed by atoms with Crippen molar-refractivity contribution in [3.63, 3.8) is 0 Å². The van der Waals surface area contributed by atoms with Crippen LogP contribution in [-0.2, 0) is 4.79 Å². The minimum Gasteiger partial charge on any atom is -0.356 e. The second-order valence-electron chi connectivity index (χ2n) is 2.78. The van der Waals surface area contributed by atoms with Crippen molar-refractivity contribution in [3.05, 3.63) is 11.6 Å². The number of amides is 1. The van der Waals surface area contributed by atoms with Gasteiger partial charge in [0.15, 0.2) is 0 Å². The Morgan fingerprint density at radius 1 is 1.60 bits per heavy atom. The van der Waals surface area contributed by atoms with Crippen molar-refractivity contribution >= 4 is 5.91 Å². The molecular formula is C8H13NO. The van der Waals surface area contributed by atoms with Gasteiger partial charge in [-0.3, -0.25) is 4.79 Å². The van der Waals surface area contributed by atoms with E-state index in [0.29, 0.717) is 5.92 Å². The normalized spacial score (nSPS) is 18.8. The minimum atomic E-state index is 0.0180. The fraction of sp³-hybridized carbons (Fsp3) is 0.625. The molecule has 2 nitrogen and oxygen atoms in total. The van der Waals surface area contributed by atoms with Crippen LogP contribution in [0.3, 0.4) is 0 Å². The number of hydrogen-bond donors (Lipinski definition) is 1. The molecule has 1 amide bonds. The smallest absolute Gasteiger partial charge is 0.243 e. The number of carbonyl (C=O) groups is 1. The molecule has 1 rings (SSSR count). The second kappa shape index (κ2) is 2.86. The molecule has 0 saturated heterocycles. The van der Waals surface area contributed by atoms with Crippen molar-refractivity contribution in [3.8, 4) is 0 Å². The molecule has 1 aliphatic rings. The van der Waals surface area contributed by atoms with Gasteiger partial charge in [0.1, 0.15) is 0 Å². The number of allylic oxidation sites excluding steroid dienone is 1. The highest BCUT2D eigenvalue weighted by Crippen LogP contribution is 2.35. The van der Waals surface area contributed by atoms with Crippen LogP contribution in [0.15, 0.2) is 11.6 Å². The molecule has 1 N–H and O–H groups in total. The lowest BCUT2D eigenvalue weighted by Crippen LogP contribution is -2.14. The molecule has 1 aliphatic carbocycles. The maximum absolute atomic E-state index is 10.8. The molecule has 0 aromatic carbocycles. The highest BCUT2D eigenvalue weighted by Gasteiger charge is 2.23. The molecule has 0 aliphatic heterocycles. The van der Waals surface area contributed by atoms with Gasteiger partial charge in [-0.25, -0.2) is 0 Å². The average Bonchev–Trinajstić information content (AvgIpc) is 2.68. The van der Waals surface area contributed by atoms with E-state index in [1.54, 1.807) is 13.1 Å². The summed E-state index contributed by atoms with van der Waals surface area (Å²) in [4.78, 5) is 10.8. The Labute approximate surface area is 61.3 Å². The van der Waals surface area contributed by atoms with Crippen LogP contribution in [0.25, 0.3) is 0 Å². The predicted octanol–water partition coefficient (Wildman–Crippen LogP) is 1.09. The first kappa shape index (κ1) is 7.32. The summed E-state index contributed by atoms with van der Waals surface area (Å²) >= 11 is 0. The molecule has 2 heteroatoms. The summed E-state index contributed by atoms with van der Waals surface area (Å²) in [5.41, 5.74) is 1.22. The van der Waals surface area contributed by atoms with Gasteiger partial charge in [0.2, 0.25) is 5.91 Å². The van der Waals surface area contributed by atoms with Crippen molar-refractivity contribution < 1.29 is 4.79 Å². The molecule has 0 radical (unpaired) electrons. The number of hydrogen-bond acceptors (Lipinski definition) is 1. The van der Waals surface area contributed by atoms with Crippen LogP contribution in [0.5, 0.6) is 0 Å². The van der Waals surface area contributed by atoms with Gasteiger partial charge >= 0.3 is 0 Å². The highest BCUT2D eigenvalue weighted by molar-refractivity contribution is 5.87. The van der Waals surface area contributed by atoms with E-state index in [1.807, 2.05) is 6.92 Å². The van der Waals surface area contributed by atoms with E-state index in [0.717, 1.165) is 0 Å². The third-order valence-electron chi connectivity index (χ3n) is 1.83.